The molecule has 0 unspecified atom stereocenters. The zero-order valence-corrected chi connectivity index (χ0v) is 13.9. The Morgan fingerprint density at radius 3 is 2.78 bits per heavy atom. The molecule has 0 aromatic carbocycles. The van der Waals surface area contributed by atoms with E-state index >= 15 is 0 Å². The maximum absolute atomic E-state index is 4.49. The Bertz CT molecular complexity index is 528. The highest BCUT2D eigenvalue weighted by molar-refractivity contribution is 9.10. The van der Waals surface area contributed by atoms with Gasteiger partial charge in [0.1, 0.15) is 16.2 Å². The molecule has 0 aliphatic carbocycles. The van der Waals surface area contributed by atoms with E-state index in [9.17, 15) is 0 Å². The monoisotopic (exact) mass is 389 g/mol. The molecule has 18 heavy (non-hydrogen) atoms. The molecule has 2 heterocycles. The minimum Gasteiger partial charge on any atom is -0.365 e. The number of hydrogen-bond acceptors (Lipinski definition) is 4. The van der Waals surface area contributed by atoms with Crippen molar-refractivity contribution in [2.24, 2.45) is 0 Å². The van der Waals surface area contributed by atoms with Gasteiger partial charge in [-0.1, -0.05) is 6.92 Å². The van der Waals surface area contributed by atoms with E-state index in [1.807, 2.05) is 6.07 Å². The van der Waals surface area contributed by atoms with Gasteiger partial charge in [0.05, 0.1) is 6.54 Å². The van der Waals surface area contributed by atoms with Crippen LogP contribution in [0.15, 0.2) is 26.6 Å². The molecule has 1 N–H and O–H groups in total. The van der Waals surface area contributed by atoms with Gasteiger partial charge in [0.2, 0.25) is 0 Å². The van der Waals surface area contributed by atoms with Crippen LogP contribution in [0.1, 0.15) is 24.0 Å². The lowest BCUT2D eigenvalue weighted by atomic mass is 10.3. The highest BCUT2D eigenvalue weighted by atomic mass is 79.9. The molecule has 0 saturated heterocycles. The zero-order valence-electron chi connectivity index (χ0n) is 9.91. The van der Waals surface area contributed by atoms with Crippen molar-refractivity contribution < 1.29 is 0 Å². The van der Waals surface area contributed by atoms with Crippen molar-refractivity contribution in [3.05, 3.63) is 37.3 Å². The fraction of sp³-hybridized carbons (Fsp3) is 0.333. The predicted molar refractivity (Wildman–Crippen MR) is 83.1 cm³/mol. The SMILES string of the molecule is CCCc1nc(Br)cc(NCc2cc(Br)cs2)n1. The first-order valence-corrected chi connectivity index (χ1v) is 8.14. The van der Waals surface area contributed by atoms with E-state index in [1.54, 1.807) is 11.3 Å². The number of aromatic nitrogens is 2. The Labute approximate surface area is 127 Å². The third kappa shape index (κ3) is 4.03. The highest BCUT2D eigenvalue weighted by Gasteiger charge is 2.03. The van der Waals surface area contributed by atoms with Crippen molar-refractivity contribution >= 4 is 49.0 Å². The highest BCUT2D eigenvalue weighted by Crippen LogP contribution is 2.21. The van der Waals surface area contributed by atoms with E-state index in [1.165, 1.54) is 4.88 Å². The van der Waals surface area contributed by atoms with Crippen LogP contribution in [0.3, 0.4) is 0 Å². The number of anilines is 1. The quantitative estimate of drug-likeness (QED) is 0.756. The minimum absolute atomic E-state index is 0.783. The molecule has 0 spiro atoms. The van der Waals surface area contributed by atoms with Gasteiger partial charge in [0, 0.05) is 27.2 Å². The maximum atomic E-state index is 4.49. The maximum Gasteiger partial charge on any atom is 0.132 e. The lowest BCUT2D eigenvalue weighted by Gasteiger charge is -2.06. The van der Waals surface area contributed by atoms with E-state index in [0.717, 1.165) is 40.1 Å². The first-order valence-electron chi connectivity index (χ1n) is 5.67. The van der Waals surface area contributed by atoms with E-state index in [0.29, 0.717) is 0 Å². The first kappa shape index (κ1) is 14.0. The second kappa shape index (κ2) is 6.63. The van der Waals surface area contributed by atoms with Crippen LogP contribution >= 0.6 is 43.2 Å². The molecule has 3 nitrogen and oxygen atoms in total. The lowest BCUT2D eigenvalue weighted by molar-refractivity contribution is 0.828. The average molecular weight is 391 g/mol. The van der Waals surface area contributed by atoms with Crippen molar-refractivity contribution in [3.8, 4) is 0 Å². The molecule has 6 heteroatoms. The van der Waals surface area contributed by atoms with Crippen molar-refractivity contribution in [1.29, 1.82) is 0 Å². The van der Waals surface area contributed by atoms with E-state index in [2.05, 4.69) is 65.5 Å². The van der Waals surface area contributed by atoms with Crippen molar-refractivity contribution in [2.45, 2.75) is 26.3 Å². The Morgan fingerprint density at radius 1 is 1.28 bits per heavy atom. The summed E-state index contributed by atoms with van der Waals surface area (Å²) in [4.78, 5) is 10.1. The molecule has 2 rings (SSSR count). The number of nitrogens with zero attached hydrogens (tertiary/aromatic N) is 2. The average Bonchev–Trinajstić information content (AvgIpc) is 2.72. The molecular formula is C12H13Br2N3S. The number of rotatable bonds is 5. The molecule has 0 bridgehead atoms. The largest absolute Gasteiger partial charge is 0.365 e. The molecule has 0 atom stereocenters. The van der Waals surface area contributed by atoms with Crippen LogP contribution in [0.4, 0.5) is 5.82 Å². The topological polar surface area (TPSA) is 37.8 Å². The minimum atomic E-state index is 0.783. The van der Waals surface area contributed by atoms with Gasteiger partial charge in [-0.15, -0.1) is 11.3 Å². The fourth-order valence-electron chi connectivity index (χ4n) is 1.51. The van der Waals surface area contributed by atoms with E-state index < -0.39 is 0 Å². The third-order valence-corrected chi connectivity index (χ3v) is 4.38. The molecule has 0 saturated carbocycles. The Kier molecular flexibility index (Phi) is 5.14. The number of halogens is 2. The normalized spacial score (nSPS) is 10.6. The first-order chi connectivity index (χ1) is 8.67. The molecule has 0 radical (unpaired) electrons. The van der Waals surface area contributed by atoms with Gasteiger partial charge >= 0.3 is 0 Å². The Balaban J connectivity index is 2.04. The van der Waals surface area contributed by atoms with Crippen LogP contribution in [-0.4, -0.2) is 9.97 Å². The van der Waals surface area contributed by atoms with Gasteiger partial charge in [-0.25, -0.2) is 9.97 Å². The predicted octanol–water partition coefficient (Wildman–Crippen LogP) is 4.63. The molecule has 2 aromatic rings. The zero-order chi connectivity index (χ0) is 13.0. The summed E-state index contributed by atoms with van der Waals surface area (Å²) >= 11 is 8.59. The number of nitrogens with one attached hydrogen (secondary N) is 1. The van der Waals surface area contributed by atoms with Gasteiger partial charge in [0.25, 0.3) is 0 Å². The van der Waals surface area contributed by atoms with Gasteiger partial charge in [0.15, 0.2) is 0 Å². The van der Waals surface area contributed by atoms with Crippen LogP contribution < -0.4 is 5.32 Å². The van der Waals surface area contributed by atoms with E-state index in [4.69, 9.17) is 0 Å². The Hall–Kier alpha value is -0.460. The molecule has 2 aromatic heterocycles. The Morgan fingerprint density at radius 2 is 2.11 bits per heavy atom. The summed E-state index contributed by atoms with van der Waals surface area (Å²) in [7, 11) is 0. The molecule has 0 aliphatic heterocycles. The van der Waals surface area contributed by atoms with Crippen LogP contribution in [0.2, 0.25) is 0 Å². The van der Waals surface area contributed by atoms with Gasteiger partial charge in [-0.05, 0) is 44.3 Å². The molecule has 96 valence electrons. The molecular weight excluding hydrogens is 378 g/mol. The summed E-state index contributed by atoms with van der Waals surface area (Å²) in [5.74, 6) is 1.74. The summed E-state index contributed by atoms with van der Waals surface area (Å²) in [5, 5.41) is 5.40. The second-order valence-corrected chi connectivity index (χ2v) is 6.55. The van der Waals surface area contributed by atoms with Gasteiger partial charge < -0.3 is 5.32 Å². The van der Waals surface area contributed by atoms with Crippen LogP contribution in [-0.2, 0) is 13.0 Å². The number of aryl methyl sites for hydroxylation is 1. The molecule has 0 fully saturated rings. The second-order valence-electron chi connectivity index (χ2n) is 3.83. The van der Waals surface area contributed by atoms with Gasteiger partial charge in [-0.2, -0.15) is 0 Å². The van der Waals surface area contributed by atoms with Crippen LogP contribution in [0, 0.1) is 0 Å². The number of thiophene rings is 1. The molecule has 0 aliphatic rings. The van der Waals surface area contributed by atoms with Gasteiger partial charge in [-0.3, -0.25) is 0 Å². The van der Waals surface area contributed by atoms with Crippen LogP contribution in [0.25, 0.3) is 0 Å². The fourth-order valence-corrected chi connectivity index (χ4v) is 3.33. The van der Waals surface area contributed by atoms with E-state index in [-0.39, 0.29) is 0 Å². The standard InChI is InChI=1S/C12H13Br2N3S/c1-2-3-11-16-10(14)5-12(17-11)15-6-9-4-8(13)7-18-9/h4-5,7H,2-3,6H2,1H3,(H,15,16,17). The summed E-state index contributed by atoms with van der Waals surface area (Å²) < 4.78 is 1.95. The summed E-state index contributed by atoms with van der Waals surface area (Å²) in [6.45, 7) is 2.91. The molecule has 0 amide bonds. The van der Waals surface area contributed by atoms with Crippen LogP contribution in [0.5, 0.6) is 0 Å². The number of hydrogen-bond donors (Lipinski definition) is 1. The summed E-state index contributed by atoms with van der Waals surface area (Å²) in [6, 6.07) is 4.02. The smallest absolute Gasteiger partial charge is 0.132 e. The van der Waals surface area contributed by atoms with Crippen molar-refractivity contribution in [1.82, 2.24) is 9.97 Å². The van der Waals surface area contributed by atoms with Crippen molar-refractivity contribution in [3.63, 3.8) is 0 Å². The third-order valence-electron chi connectivity index (χ3n) is 2.28. The summed E-state index contributed by atoms with van der Waals surface area (Å²) in [6.07, 6.45) is 1.95. The summed E-state index contributed by atoms with van der Waals surface area (Å²) in [5.41, 5.74) is 0. The lowest BCUT2D eigenvalue weighted by Crippen LogP contribution is -2.03. The van der Waals surface area contributed by atoms with Crippen molar-refractivity contribution in [2.75, 3.05) is 5.32 Å².